The molecule has 0 aliphatic carbocycles. The van der Waals surface area contributed by atoms with Crippen LogP contribution in [0.3, 0.4) is 0 Å². The second-order valence-corrected chi connectivity index (χ2v) is 5.44. The molecule has 0 unspecified atom stereocenters. The molecule has 0 amide bonds. The Balaban J connectivity index is 2.56. The average Bonchev–Trinajstić information content (AvgIpc) is 2.55. The predicted octanol–water partition coefficient (Wildman–Crippen LogP) is 3.22. The highest BCUT2D eigenvalue weighted by Gasteiger charge is 2.16. The van der Waals surface area contributed by atoms with E-state index in [0.717, 1.165) is 23.4 Å². The molecule has 86 valence electrons. The van der Waals surface area contributed by atoms with Crippen LogP contribution in [0, 0.1) is 5.41 Å². The maximum Gasteiger partial charge on any atom is 0.124 e. The number of alkyl halides is 1. The lowest BCUT2D eigenvalue weighted by Gasteiger charge is -2.20. The smallest absolute Gasteiger partial charge is 0.124 e. The summed E-state index contributed by atoms with van der Waals surface area (Å²) in [6.45, 7) is 7.53. The predicted molar refractivity (Wildman–Crippen MR) is 66.5 cm³/mol. The van der Waals surface area contributed by atoms with E-state index in [1.165, 1.54) is 0 Å². The molecule has 0 aliphatic heterocycles. The molecule has 0 fully saturated rings. The van der Waals surface area contributed by atoms with E-state index in [0.29, 0.717) is 5.88 Å². The summed E-state index contributed by atoms with van der Waals surface area (Å²) in [4.78, 5) is 8.56. The Morgan fingerprint density at radius 1 is 1.38 bits per heavy atom. The Hall–Kier alpha value is -1.09. The molecule has 0 bridgehead atoms. The molecule has 0 saturated carbocycles. The van der Waals surface area contributed by atoms with Crippen molar-refractivity contribution in [2.24, 2.45) is 5.41 Å². The van der Waals surface area contributed by atoms with Gasteiger partial charge in [0.25, 0.3) is 0 Å². The zero-order valence-electron chi connectivity index (χ0n) is 9.87. The number of hydrogen-bond donors (Lipinski definition) is 0. The summed E-state index contributed by atoms with van der Waals surface area (Å²) in [5, 5.41) is 0. The first-order valence-corrected chi connectivity index (χ1v) is 5.90. The van der Waals surface area contributed by atoms with Gasteiger partial charge in [0.05, 0.1) is 17.6 Å². The highest BCUT2D eigenvalue weighted by molar-refractivity contribution is 6.16. The van der Waals surface area contributed by atoms with Crippen LogP contribution in [0.15, 0.2) is 18.5 Å². The van der Waals surface area contributed by atoms with Crippen LogP contribution in [0.1, 0.15) is 26.6 Å². The molecular weight excluding hydrogens is 222 g/mol. The van der Waals surface area contributed by atoms with Crippen LogP contribution in [0.25, 0.3) is 11.0 Å². The van der Waals surface area contributed by atoms with E-state index in [2.05, 4.69) is 35.3 Å². The van der Waals surface area contributed by atoms with E-state index in [1.54, 1.807) is 12.4 Å². The Bertz CT molecular complexity index is 496. The van der Waals surface area contributed by atoms with Crippen molar-refractivity contribution in [3.8, 4) is 0 Å². The molecule has 4 heteroatoms. The highest BCUT2D eigenvalue weighted by atomic mass is 35.5. The fourth-order valence-electron chi connectivity index (χ4n) is 1.78. The number of hydrogen-bond acceptors (Lipinski definition) is 2. The SMILES string of the molecule is CC(C)(C)Cn1c(CCl)nc2cnccc21. The first-order chi connectivity index (χ1) is 7.51. The highest BCUT2D eigenvalue weighted by Crippen LogP contribution is 2.23. The Labute approximate surface area is 100 Å². The first kappa shape index (κ1) is 11.4. The van der Waals surface area contributed by atoms with E-state index in [-0.39, 0.29) is 5.41 Å². The molecule has 0 saturated heterocycles. The zero-order valence-corrected chi connectivity index (χ0v) is 10.6. The lowest BCUT2D eigenvalue weighted by Crippen LogP contribution is -2.17. The van der Waals surface area contributed by atoms with Crippen molar-refractivity contribution in [1.29, 1.82) is 0 Å². The number of aromatic nitrogens is 3. The number of rotatable bonds is 2. The van der Waals surface area contributed by atoms with Crippen LogP contribution in [0.2, 0.25) is 0 Å². The van der Waals surface area contributed by atoms with E-state index in [9.17, 15) is 0 Å². The van der Waals surface area contributed by atoms with Gasteiger partial charge in [0, 0.05) is 12.7 Å². The number of halogens is 1. The van der Waals surface area contributed by atoms with Crippen LogP contribution in [0.5, 0.6) is 0 Å². The van der Waals surface area contributed by atoms with Crippen molar-refractivity contribution in [3.63, 3.8) is 0 Å². The summed E-state index contributed by atoms with van der Waals surface area (Å²) in [5.74, 6) is 1.35. The quantitative estimate of drug-likeness (QED) is 0.751. The van der Waals surface area contributed by atoms with Crippen LogP contribution in [-0.2, 0) is 12.4 Å². The average molecular weight is 238 g/mol. The molecule has 0 spiro atoms. The monoisotopic (exact) mass is 237 g/mol. The first-order valence-electron chi connectivity index (χ1n) is 5.36. The van der Waals surface area contributed by atoms with Gasteiger partial charge >= 0.3 is 0 Å². The number of pyridine rings is 1. The van der Waals surface area contributed by atoms with Crippen LogP contribution in [-0.4, -0.2) is 14.5 Å². The number of nitrogens with zero attached hydrogens (tertiary/aromatic N) is 3. The van der Waals surface area contributed by atoms with Crippen LogP contribution < -0.4 is 0 Å². The van der Waals surface area contributed by atoms with Gasteiger partial charge in [-0.3, -0.25) is 4.98 Å². The third kappa shape index (κ3) is 2.19. The molecular formula is C12H16ClN3. The molecule has 3 nitrogen and oxygen atoms in total. The molecule has 0 atom stereocenters. The van der Waals surface area contributed by atoms with Crippen molar-refractivity contribution in [2.45, 2.75) is 33.2 Å². The molecule has 16 heavy (non-hydrogen) atoms. The molecule has 2 aromatic heterocycles. The fourth-order valence-corrected chi connectivity index (χ4v) is 1.99. The summed E-state index contributed by atoms with van der Waals surface area (Å²) in [7, 11) is 0. The van der Waals surface area contributed by atoms with Crippen molar-refractivity contribution in [3.05, 3.63) is 24.3 Å². The topological polar surface area (TPSA) is 30.7 Å². The normalized spacial score (nSPS) is 12.2. The van der Waals surface area contributed by atoms with Crippen molar-refractivity contribution in [1.82, 2.24) is 14.5 Å². The van der Waals surface area contributed by atoms with E-state index < -0.39 is 0 Å². The number of imidazole rings is 1. The second-order valence-electron chi connectivity index (χ2n) is 5.17. The zero-order chi connectivity index (χ0) is 11.8. The van der Waals surface area contributed by atoms with Gasteiger partial charge in [-0.2, -0.15) is 0 Å². The van der Waals surface area contributed by atoms with Crippen LogP contribution >= 0.6 is 11.6 Å². The fraction of sp³-hybridized carbons (Fsp3) is 0.500. The maximum absolute atomic E-state index is 5.93. The second kappa shape index (κ2) is 4.06. The standard InChI is InChI=1S/C12H16ClN3/c1-12(2,3)8-16-10-4-5-14-7-9(10)15-11(16)6-13/h4-5,7H,6,8H2,1-3H3. The minimum atomic E-state index is 0.206. The number of fused-ring (bicyclic) bond motifs is 1. The van der Waals surface area contributed by atoms with Crippen molar-refractivity contribution < 1.29 is 0 Å². The van der Waals surface area contributed by atoms with Crippen molar-refractivity contribution >= 4 is 22.6 Å². The molecule has 0 aliphatic rings. The molecule has 0 aromatic carbocycles. The van der Waals surface area contributed by atoms with Crippen LogP contribution in [0.4, 0.5) is 0 Å². The summed E-state index contributed by atoms with van der Waals surface area (Å²) in [6.07, 6.45) is 3.58. The Morgan fingerprint density at radius 3 is 2.75 bits per heavy atom. The van der Waals surface area contributed by atoms with Gasteiger partial charge < -0.3 is 4.57 Å². The third-order valence-electron chi connectivity index (χ3n) is 2.38. The maximum atomic E-state index is 5.93. The minimum Gasteiger partial charge on any atom is -0.326 e. The van der Waals surface area contributed by atoms with E-state index in [1.807, 2.05) is 6.07 Å². The van der Waals surface area contributed by atoms with E-state index >= 15 is 0 Å². The molecule has 0 N–H and O–H groups in total. The van der Waals surface area contributed by atoms with Crippen molar-refractivity contribution in [2.75, 3.05) is 0 Å². The summed E-state index contributed by atoms with van der Waals surface area (Å²) < 4.78 is 2.18. The van der Waals surface area contributed by atoms with Gasteiger partial charge in [0.2, 0.25) is 0 Å². The van der Waals surface area contributed by atoms with Gasteiger partial charge in [-0.05, 0) is 11.5 Å². The molecule has 0 radical (unpaired) electrons. The molecule has 2 heterocycles. The Morgan fingerprint density at radius 2 is 2.12 bits per heavy atom. The third-order valence-corrected chi connectivity index (χ3v) is 2.62. The lowest BCUT2D eigenvalue weighted by atomic mass is 9.97. The van der Waals surface area contributed by atoms with Gasteiger partial charge in [-0.1, -0.05) is 20.8 Å². The van der Waals surface area contributed by atoms with Gasteiger partial charge in [-0.25, -0.2) is 4.98 Å². The van der Waals surface area contributed by atoms with E-state index in [4.69, 9.17) is 11.6 Å². The summed E-state index contributed by atoms with van der Waals surface area (Å²) in [6, 6.07) is 1.99. The largest absolute Gasteiger partial charge is 0.326 e. The minimum absolute atomic E-state index is 0.206. The molecule has 2 aromatic rings. The Kier molecular flexibility index (Phi) is 2.89. The summed E-state index contributed by atoms with van der Waals surface area (Å²) in [5.41, 5.74) is 2.24. The van der Waals surface area contributed by atoms with Gasteiger partial charge in [0.15, 0.2) is 0 Å². The molecule has 2 rings (SSSR count). The van der Waals surface area contributed by atoms with Gasteiger partial charge in [-0.15, -0.1) is 11.6 Å². The van der Waals surface area contributed by atoms with Gasteiger partial charge in [0.1, 0.15) is 11.3 Å². The lowest BCUT2D eigenvalue weighted by molar-refractivity contribution is 0.344. The summed E-state index contributed by atoms with van der Waals surface area (Å²) >= 11 is 5.93.